The van der Waals surface area contributed by atoms with Crippen molar-refractivity contribution in [3.8, 4) is 10.6 Å². The van der Waals surface area contributed by atoms with Crippen molar-refractivity contribution >= 4 is 22.2 Å². The van der Waals surface area contributed by atoms with Crippen LogP contribution in [0, 0.1) is 11.6 Å². The summed E-state index contributed by atoms with van der Waals surface area (Å²) in [4.78, 5) is 19.5. The minimum Gasteiger partial charge on any atom is -0.390 e. The normalized spacial score (nSPS) is 26.6. The van der Waals surface area contributed by atoms with Crippen LogP contribution in [0.5, 0.6) is 0 Å². The zero-order chi connectivity index (χ0) is 24.2. The number of nitrogens with one attached hydrogen (secondary N) is 1. The van der Waals surface area contributed by atoms with E-state index in [9.17, 15) is 18.7 Å². The van der Waals surface area contributed by atoms with Crippen molar-refractivity contribution in [2.24, 2.45) is 0 Å². The number of nitrogen functional groups attached to an aromatic ring is 1. The Kier molecular flexibility index (Phi) is 5.70. The van der Waals surface area contributed by atoms with E-state index in [1.165, 1.54) is 6.07 Å². The molecule has 1 aromatic carbocycles. The summed E-state index contributed by atoms with van der Waals surface area (Å²) >= 11 is 0.858. The van der Waals surface area contributed by atoms with Crippen LogP contribution in [0.4, 0.5) is 13.8 Å². The molecule has 0 aliphatic carbocycles. The lowest BCUT2D eigenvalue weighted by atomic mass is 9.86. The van der Waals surface area contributed by atoms with Gasteiger partial charge in [0.2, 0.25) is 0 Å². The minimum absolute atomic E-state index is 0.00164. The Morgan fingerprint density at radius 2 is 2.03 bits per heavy atom. The lowest BCUT2D eigenvalue weighted by molar-refractivity contribution is -0.121. The quantitative estimate of drug-likeness (QED) is 0.608. The summed E-state index contributed by atoms with van der Waals surface area (Å²) < 4.78 is 34.8. The second-order valence-corrected chi connectivity index (χ2v) is 10.2. The molecule has 180 valence electrons. The van der Waals surface area contributed by atoms with E-state index in [2.05, 4.69) is 15.2 Å². The van der Waals surface area contributed by atoms with E-state index in [0.29, 0.717) is 25.1 Å². The zero-order valence-electron chi connectivity index (χ0n) is 18.9. The van der Waals surface area contributed by atoms with Crippen LogP contribution < -0.4 is 11.1 Å². The molecular formula is C24H26F2N4O3S. The van der Waals surface area contributed by atoms with E-state index in [1.54, 1.807) is 0 Å². The van der Waals surface area contributed by atoms with Gasteiger partial charge < -0.3 is 25.8 Å². The van der Waals surface area contributed by atoms with Crippen molar-refractivity contribution in [1.82, 2.24) is 15.2 Å². The molecule has 4 heterocycles. The summed E-state index contributed by atoms with van der Waals surface area (Å²) in [6.07, 6.45) is 3.98. The highest BCUT2D eigenvalue weighted by atomic mass is 32.1. The topological polar surface area (TPSA) is 101 Å². The number of anilines is 1. The Bertz CT molecular complexity index is 1210. The first-order valence-corrected chi connectivity index (χ1v) is 12.0. The van der Waals surface area contributed by atoms with Crippen LogP contribution in [0.3, 0.4) is 0 Å². The average molecular weight is 489 g/mol. The van der Waals surface area contributed by atoms with Crippen molar-refractivity contribution in [2.75, 3.05) is 19.3 Å². The van der Waals surface area contributed by atoms with Crippen molar-refractivity contribution in [3.63, 3.8) is 0 Å². The molecule has 7 nitrogen and oxygen atoms in total. The number of amides is 1. The van der Waals surface area contributed by atoms with Crippen LogP contribution in [0.2, 0.25) is 0 Å². The van der Waals surface area contributed by atoms with Gasteiger partial charge >= 0.3 is 0 Å². The summed E-state index contributed by atoms with van der Waals surface area (Å²) in [6, 6.07) is 3.53. The number of carbonyl (C=O) groups excluding carboxylic acids is 1. The molecule has 2 saturated heterocycles. The van der Waals surface area contributed by atoms with Gasteiger partial charge in [-0.15, -0.1) is 0 Å². The van der Waals surface area contributed by atoms with Crippen LogP contribution in [0.1, 0.15) is 43.1 Å². The number of nitrogens with zero attached hydrogens (tertiary/aromatic N) is 2. The molecule has 0 spiro atoms. The lowest BCUT2D eigenvalue weighted by Gasteiger charge is -2.43. The van der Waals surface area contributed by atoms with Gasteiger partial charge in [-0.1, -0.05) is 23.0 Å². The number of halogens is 2. The third-order valence-corrected chi connectivity index (χ3v) is 7.62. The fraction of sp³-hybridized carbons (Fsp3) is 0.417. The van der Waals surface area contributed by atoms with Crippen molar-refractivity contribution in [1.29, 1.82) is 0 Å². The first kappa shape index (κ1) is 22.9. The number of benzene rings is 1. The lowest BCUT2D eigenvalue weighted by Crippen LogP contribution is -2.48. The van der Waals surface area contributed by atoms with E-state index < -0.39 is 29.2 Å². The van der Waals surface area contributed by atoms with E-state index in [-0.39, 0.29) is 27.4 Å². The standard InChI is InChI=1S/C24H26F2N4O3S/c1-12-10-15(20(30(2)11-12)24-8-6-16(31)17(33-24)7-9-24)28-22(32)19-21(27)34-23(29-19)18-13(25)4-3-5-14(18)26/h3-5,10,16-17,31H,6-9,11,27H2,1-2H3,(H,28,32). The van der Waals surface area contributed by atoms with Gasteiger partial charge in [0.25, 0.3) is 5.91 Å². The maximum atomic E-state index is 14.2. The molecule has 10 heteroatoms. The van der Waals surface area contributed by atoms with Crippen LogP contribution in [-0.4, -0.2) is 52.3 Å². The van der Waals surface area contributed by atoms with Crippen LogP contribution in [-0.2, 0) is 4.74 Å². The summed E-state index contributed by atoms with van der Waals surface area (Å²) in [5.41, 5.74) is 7.55. The Balaban J connectivity index is 1.50. The fourth-order valence-corrected chi connectivity index (χ4v) is 6.17. The number of allylic oxidation sites excluding steroid dienone is 1. The van der Waals surface area contributed by atoms with Gasteiger partial charge in [0.15, 0.2) is 5.69 Å². The Morgan fingerprint density at radius 3 is 2.76 bits per heavy atom. The zero-order valence-corrected chi connectivity index (χ0v) is 19.7. The Morgan fingerprint density at radius 1 is 1.32 bits per heavy atom. The number of carbonyl (C=O) groups is 1. The molecule has 2 aromatic rings. The number of aliphatic hydroxyl groups is 1. The molecule has 4 N–H and O–H groups in total. The monoisotopic (exact) mass is 488 g/mol. The highest BCUT2D eigenvalue weighted by molar-refractivity contribution is 7.19. The molecule has 1 amide bonds. The number of nitrogens with two attached hydrogens (primary N) is 1. The smallest absolute Gasteiger partial charge is 0.277 e. The highest BCUT2D eigenvalue weighted by Gasteiger charge is 2.51. The molecule has 0 radical (unpaired) electrons. The summed E-state index contributed by atoms with van der Waals surface area (Å²) in [5, 5.41) is 13.2. The molecule has 34 heavy (non-hydrogen) atoms. The SMILES string of the molecule is CC1=CC(NC(=O)c2nc(-c3c(F)cccc3F)sc2N)=C(C23CCC(O)C(CC2)O3)N(C)C1. The van der Waals surface area contributed by atoms with Gasteiger partial charge in [-0.3, -0.25) is 4.79 Å². The fourth-order valence-electron chi connectivity index (χ4n) is 5.29. The van der Waals surface area contributed by atoms with Crippen LogP contribution in [0.15, 0.2) is 41.2 Å². The molecule has 2 bridgehead atoms. The minimum atomic E-state index is -0.773. The molecular weight excluding hydrogens is 462 g/mol. The largest absolute Gasteiger partial charge is 0.390 e. The number of hydrogen-bond acceptors (Lipinski definition) is 7. The number of likely N-dealkylation sites (N-methyl/N-ethyl adjacent to an activating group) is 1. The van der Waals surface area contributed by atoms with Gasteiger partial charge in [0.05, 0.1) is 29.2 Å². The maximum Gasteiger partial charge on any atom is 0.277 e. The van der Waals surface area contributed by atoms with Crippen LogP contribution >= 0.6 is 11.3 Å². The Labute approximate surface area is 199 Å². The summed E-state index contributed by atoms with van der Waals surface area (Å²) in [6.45, 7) is 2.65. The van der Waals surface area contributed by atoms with Crippen molar-refractivity contribution in [2.45, 2.75) is 50.4 Å². The number of rotatable bonds is 4. The second kappa shape index (κ2) is 8.44. The van der Waals surface area contributed by atoms with E-state index in [0.717, 1.165) is 47.6 Å². The van der Waals surface area contributed by atoms with Gasteiger partial charge in [-0.05, 0) is 50.8 Å². The van der Waals surface area contributed by atoms with E-state index >= 15 is 0 Å². The summed E-state index contributed by atoms with van der Waals surface area (Å²) in [7, 11) is 1.95. The molecule has 3 unspecified atom stereocenters. The van der Waals surface area contributed by atoms with E-state index in [1.807, 2.05) is 20.0 Å². The third kappa shape index (κ3) is 3.79. The van der Waals surface area contributed by atoms with Crippen molar-refractivity contribution < 1.29 is 23.4 Å². The number of aromatic nitrogens is 1. The number of hydrogen-bond donors (Lipinski definition) is 3. The molecule has 5 rings (SSSR count). The first-order chi connectivity index (χ1) is 16.2. The van der Waals surface area contributed by atoms with Gasteiger partial charge in [0.1, 0.15) is 27.2 Å². The van der Waals surface area contributed by atoms with Crippen molar-refractivity contribution in [3.05, 3.63) is 58.6 Å². The van der Waals surface area contributed by atoms with Crippen LogP contribution in [0.25, 0.3) is 10.6 Å². The second-order valence-electron chi connectivity index (χ2n) is 9.19. The predicted molar refractivity (Wildman–Crippen MR) is 125 cm³/mol. The first-order valence-electron chi connectivity index (χ1n) is 11.2. The third-order valence-electron chi connectivity index (χ3n) is 6.72. The number of ether oxygens (including phenoxy) is 1. The number of fused-ring (bicyclic) bond motifs is 2. The molecule has 3 aliphatic heterocycles. The molecule has 0 saturated carbocycles. The Hall–Kier alpha value is -2.82. The van der Waals surface area contributed by atoms with Gasteiger partial charge in [-0.2, -0.15) is 0 Å². The number of aliphatic hydroxyl groups excluding tert-OH is 1. The molecule has 3 atom stereocenters. The summed E-state index contributed by atoms with van der Waals surface area (Å²) in [5.74, 6) is -2.11. The average Bonchev–Trinajstić information content (AvgIpc) is 3.32. The molecule has 2 fully saturated rings. The molecule has 1 aromatic heterocycles. The maximum absolute atomic E-state index is 14.2. The number of thiazole rings is 1. The van der Waals surface area contributed by atoms with Gasteiger partial charge in [-0.25, -0.2) is 13.8 Å². The highest BCUT2D eigenvalue weighted by Crippen LogP contribution is 2.48. The van der Waals surface area contributed by atoms with E-state index in [4.69, 9.17) is 10.5 Å². The predicted octanol–water partition coefficient (Wildman–Crippen LogP) is 3.58. The van der Waals surface area contributed by atoms with Gasteiger partial charge in [0, 0.05) is 13.6 Å². The molecule has 3 aliphatic rings.